The molecule has 0 spiro atoms. The van der Waals surface area contributed by atoms with Gasteiger partial charge in [-0.25, -0.2) is 13.1 Å². The number of nitrogens with zero attached hydrogens (tertiary/aromatic N) is 1. The Morgan fingerprint density at radius 1 is 1.20 bits per heavy atom. The zero-order valence-electron chi connectivity index (χ0n) is 13.6. The van der Waals surface area contributed by atoms with Crippen LogP contribution in [0.4, 0.5) is 11.4 Å². The summed E-state index contributed by atoms with van der Waals surface area (Å²) in [6.07, 6.45) is 0. The number of carbonyl (C=O) groups excluding carboxylic acids is 1. The Labute approximate surface area is 145 Å². The largest absolute Gasteiger partial charge is 0.321 e. The van der Waals surface area contributed by atoms with E-state index in [4.69, 9.17) is 0 Å². The van der Waals surface area contributed by atoms with Crippen LogP contribution in [0.3, 0.4) is 0 Å². The predicted molar refractivity (Wildman–Crippen MR) is 93.1 cm³/mol. The van der Waals surface area contributed by atoms with Crippen LogP contribution in [-0.4, -0.2) is 25.8 Å². The van der Waals surface area contributed by atoms with Crippen LogP contribution in [-0.2, 0) is 10.0 Å². The van der Waals surface area contributed by atoms with E-state index in [1.54, 1.807) is 13.8 Å². The number of hydrogen-bond acceptors (Lipinski definition) is 5. The summed E-state index contributed by atoms with van der Waals surface area (Å²) < 4.78 is 26.4. The lowest BCUT2D eigenvalue weighted by Gasteiger charge is -2.10. The van der Waals surface area contributed by atoms with Crippen LogP contribution >= 0.6 is 0 Å². The Morgan fingerprint density at radius 2 is 1.92 bits per heavy atom. The Morgan fingerprint density at radius 3 is 2.56 bits per heavy atom. The van der Waals surface area contributed by atoms with E-state index in [0.717, 1.165) is 0 Å². The van der Waals surface area contributed by atoms with Crippen LogP contribution < -0.4 is 10.0 Å². The number of benzene rings is 2. The quantitative estimate of drug-likeness (QED) is 0.604. The van der Waals surface area contributed by atoms with Gasteiger partial charge in [0.05, 0.1) is 15.5 Å². The van der Waals surface area contributed by atoms with Gasteiger partial charge in [0.2, 0.25) is 10.0 Å². The van der Waals surface area contributed by atoms with Gasteiger partial charge in [-0.15, -0.1) is 0 Å². The summed E-state index contributed by atoms with van der Waals surface area (Å²) in [6.45, 7) is 3.58. The van der Waals surface area contributed by atoms with Crippen molar-refractivity contribution in [2.45, 2.75) is 18.7 Å². The minimum absolute atomic E-state index is 0.0298. The molecule has 0 aromatic heterocycles. The van der Waals surface area contributed by atoms with Crippen molar-refractivity contribution in [2.24, 2.45) is 0 Å². The second-order valence-electron chi connectivity index (χ2n) is 5.24. The Balaban J connectivity index is 2.31. The standard InChI is InChI=1S/C16H17N3O5S/c1-3-17-25(23,24)14-6-4-5-12(9-14)16(20)18-15-10-13(19(21)22)8-7-11(15)2/h4-10,17H,3H2,1-2H3,(H,18,20). The Hall–Kier alpha value is -2.78. The fourth-order valence-corrected chi connectivity index (χ4v) is 3.22. The molecule has 0 unspecified atom stereocenters. The van der Waals surface area contributed by atoms with E-state index in [1.165, 1.54) is 42.5 Å². The van der Waals surface area contributed by atoms with Gasteiger partial charge in [-0.05, 0) is 30.7 Å². The molecule has 0 aliphatic rings. The maximum atomic E-state index is 12.4. The minimum atomic E-state index is -3.68. The van der Waals surface area contributed by atoms with Gasteiger partial charge in [0.1, 0.15) is 0 Å². The van der Waals surface area contributed by atoms with Crippen molar-refractivity contribution in [2.75, 3.05) is 11.9 Å². The van der Waals surface area contributed by atoms with Crippen LogP contribution in [0, 0.1) is 17.0 Å². The van der Waals surface area contributed by atoms with Crippen molar-refractivity contribution < 1.29 is 18.1 Å². The first-order chi connectivity index (χ1) is 11.7. The van der Waals surface area contributed by atoms with Crippen LogP contribution in [0.25, 0.3) is 0 Å². The van der Waals surface area contributed by atoms with E-state index in [1.807, 2.05) is 0 Å². The van der Waals surface area contributed by atoms with Crippen LogP contribution in [0.2, 0.25) is 0 Å². The summed E-state index contributed by atoms with van der Waals surface area (Å²) >= 11 is 0. The smallest absolute Gasteiger partial charge is 0.271 e. The average Bonchev–Trinajstić information content (AvgIpc) is 2.56. The Kier molecular flexibility index (Phi) is 5.50. The number of rotatable bonds is 6. The lowest BCUT2D eigenvalue weighted by Crippen LogP contribution is -2.23. The minimum Gasteiger partial charge on any atom is -0.321 e. The van der Waals surface area contributed by atoms with Crippen molar-refractivity contribution in [3.8, 4) is 0 Å². The van der Waals surface area contributed by atoms with Gasteiger partial charge >= 0.3 is 0 Å². The normalized spacial score (nSPS) is 11.1. The van der Waals surface area contributed by atoms with Crippen LogP contribution in [0.15, 0.2) is 47.4 Å². The number of nitro benzene ring substituents is 1. The number of hydrogen-bond donors (Lipinski definition) is 2. The molecule has 2 N–H and O–H groups in total. The van der Waals surface area contributed by atoms with Gasteiger partial charge in [0.25, 0.3) is 11.6 Å². The molecule has 0 bridgehead atoms. The molecule has 0 atom stereocenters. The van der Waals surface area contributed by atoms with Crippen molar-refractivity contribution in [3.63, 3.8) is 0 Å². The molecular weight excluding hydrogens is 346 g/mol. The lowest BCUT2D eigenvalue weighted by molar-refractivity contribution is -0.384. The fraction of sp³-hybridized carbons (Fsp3) is 0.188. The molecule has 0 saturated carbocycles. The van der Waals surface area contributed by atoms with Gasteiger partial charge in [-0.3, -0.25) is 14.9 Å². The number of aryl methyl sites for hydroxylation is 1. The second kappa shape index (κ2) is 7.41. The molecule has 0 heterocycles. The number of nitro groups is 1. The molecule has 0 aliphatic carbocycles. The average molecular weight is 363 g/mol. The van der Waals surface area contributed by atoms with Crippen molar-refractivity contribution in [1.29, 1.82) is 0 Å². The number of amides is 1. The summed E-state index contributed by atoms with van der Waals surface area (Å²) in [6, 6.07) is 9.68. The van der Waals surface area contributed by atoms with E-state index < -0.39 is 20.9 Å². The van der Waals surface area contributed by atoms with Gasteiger partial charge in [0, 0.05) is 24.2 Å². The number of non-ortho nitro benzene ring substituents is 1. The molecule has 0 aliphatic heterocycles. The maximum Gasteiger partial charge on any atom is 0.271 e. The third-order valence-electron chi connectivity index (χ3n) is 3.42. The number of sulfonamides is 1. The van der Waals surface area contributed by atoms with Crippen LogP contribution in [0.5, 0.6) is 0 Å². The molecule has 132 valence electrons. The van der Waals surface area contributed by atoms with E-state index in [2.05, 4.69) is 10.0 Å². The van der Waals surface area contributed by atoms with E-state index in [-0.39, 0.29) is 22.7 Å². The van der Waals surface area contributed by atoms with Gasteiger partial charge in [-0.1, -0.05) is 19.1 Å². The van der Waals surface area contributed by atoms with Gasteiger partial charge in [-0.2, -0.15) is 0 Å². The summed E-state index contributed by atoms with van der Waals surface area (Å²) in [5.74, 6) is -0.558. The number of carbonyl (C=O) groups is 1. The van der Waals surface area contributed by atoms with E-state index in [0.29, 0.717) is 11.3 Å². The fourth-order valence-electron chi connectivity index (χ4n) is 2.13. The third-order valence-corrected chi connectivity index (χ3v) is 4.96. The molecule has 2 aromatic carbocycles. The zero-order valence-corrected chi connectivity index (χ0v) is 14.5. The summed E-state index contributed by atoms with van der Waals surface area (Å²) in [4.78, 5) is 22.7. The zero-order chi connectivity index (χ0) is 18.6. The molecule has 2 aromatic rings. The molecule has 0 saturated heterocycles. The SMILES string of the molecule is CCNS(=O)(=O)c1cccc(C(=O)Nc2cc([N+](=O)[O-])ccc2C)c1. The molecule has 0 fully saturated rings. The predicted octanol–water partition coefficient (Wildman–Crippen LogP) is 2.45. The molecule has 9 heteroatoms. The van der Waals surface area contributed by atoms with Gasteiger partial charge in [0.15, 0.2) is 0 Å². The molecule has 25 heavy (non-hydrogen) atoms. The van der Waals surface area contributed by atoms with Crippen LogP contribution in [0.1, 0.15) is 22.8 Å². The van der Waals surface area contributed by atoms with E-state index >= 15 is 0 Å². The number of anilines is 1. The van der Waals surface area contributed by atoms with E-state index in [9.17, 15) is 23.3 Å². The maximum absolute atomic E-state index is 12.4. The summed E-state index contributed by atoms with van der Waals surface area (Å²) in [5.41, 5.74) is 0.920. The second-order valence-corrected chi connectivity index (χ2v) is 7.01. The van der Waals surface area contributed by atoms with Crippen molar-refractivity contribution in [1.82, 2.24) is 4.72 Å². The molecule has 8 nitrogen and oxygen atoms in total. The highest BCUT2D eigenvalue weighted by atomic mass is 32.2. The molecule has 1 amide bonds. The first kappa shape index (κ1) is 18.6. The highest BCUT2D eigenvalue weighted by Gasteiger charge is 2.16. The van der Waals surface area contributed by atoms with Gasteiger partial charge < -0.3 is 5.32 Å². The lowest BCUT2D eigenvalue weighted by atomic mass is 10.1. The highest BCUT2D eigenvalue weighted by Crippen LogP contribution is 2.22. The Bertz CT molecular complexity index is 925. The van der Waals surface area contributed by atoms with Crippen molar-refractivity contribution in [3.05, 3.63) is 63.7 Å². The first-order valence-electron chi connectivity index (χ1n) is 7.40. The third kappa shape index (κ3) is 4.40. The molecular formula is C16H17N3O5S. The first-order valence-corrected chi connectivity index (χ1v) is 8.89. The molecule has 0 radical (unpaired) electrons. The topological polar surface area (TPSA) is 118 Å². The molecule has 2 rings (SSSR count). The van der Waals surface area contributed by atoms with Crippen molar-refractivity contribution >= 4 is 27.3 Å². The highest BCUT2D eigenvalue weighted by molar-refractivity contribution is 7.89. The monoisotopic (exact) mass is 363 g/mol. The number of nitrogens with one attached hydrogen (secondary N) is 2. The summed E-state index contributed by atoms with van der Waals surface area (Å²) in [5, 5.41) is 13.4. The summed E-state index contributed by atoms with van der Waals surface area (Å²) in [7, 11) is -3.68.